The van der Waals surface area contributed by atoms with Gasteiger partial charge < -0.3 is 19.3 Å². The van der Waals surface area contributed by atoms with Gasteiger partial charge in [0, 0.05) is 47.0 Å². The second-order valence-electron chi connectivity index (χ2n) is 13.3. The molecule has 288 valence electrons. The smallest absolute Gasteiger partial charge is 0.416 e. The molecule has 8 aromatic rings. The molecule has 0 spiro atoms. The van der Waals surface area contributed by atoms with Crippen LogP contribution in [0.15, 0.2) is 85.2 Å². The highest BCUT2D eigenvalue weighted by Gasteiger charge is 2.32. The number of thiazole rings is 2. The van der Waals surface area contributed by atoms with Gasteiger partial charge in [-0.3, -0.25) is 9.59 Å². The first-order chi connectivity index (χ1) is 26.4. The molecular weight excluding hydrogens is 779 g/mol. The SMILES string of the molecule is Cc1ccc2c(c1)c(Cc1nc3cc(C(F)(F)F)ccc3s1)cn2CC(=O)O.Cc1ccc2c(c1)c(Cc1nc3cc(C(F)(F)F)ccc3s1)cn2CC(=O)O. The number of aryl methyl sites for hydroxylation is 2. The summed E-state index contributed by atoms with van der Waals surface area (Å²) in [5.74, 6) is -1.88. The zero-order valence-corrected chi connectivity index (χ0v) is 31.1. The third-order valence-electron chi connectivity index (χ3n) is 9.05. The molecule has 0 atom stereocenters. The molecule has 0 fully saturated rings. The quantitative estimate of drug-likeness (QED) is 0.148. The van der Waals surface area contributed by atoms with Crippen molar-refractivity contribution in [1.82, 2.24) is 19.1 Å². The number of fused-ring (bicyclic) bond motifs is 4. The minimum Gasteiger partial charge on any atom is -0.480 e. The van der Waals surface area contributed by atoms with E-state index < -0.39 is 35.4 Å². The molecule has 0 unspecified atom stereocenters. The zero-order valence-electron chi connectivity index (χ0n) is 29.5. The standard InChI is InChI=1S/2C20H15F3N2O2S/c2*1-11-2-4-16-14(6-11)12(9-25(16)10-19(26)27)7-18-24-15-8-13(20(21,22)23)3-5-17(15)28-18/h2*2-6,8-9H,7,10H2,1H3,(H,26,27). The molecule has 4 aromatic heterocycles. The Bertz CT molecular complexity index is 2610. The number of carboxylic acid groups (broad SMARTS) is 2. The number of aromatic nitrogens is 4. The first-order valence-corrected chi connectivity index (χ1v) is 18.6. The molecule has 56 heavy (non-hydrogen) atoms. The van der Waals surface area contributed by atoms with Gasteiger partial charge in [-0.15, -0.1) is 22.7 Å². The number of rotatable bonds is 8. The van der Waals surface area contributed by atoms with Crippen LogP contribution in [0.1, 0.15) is 43.4 Å². The fourth-order valence-corrected chi connectivity index (χ4v) is 8.53. The average Bonchev–Trinajstić information content (AvgIpc) is 3.86. The molecule has 0 amide bonds. The van der Waals surface area contributed by atoms with Crippen LogP contribution in [0.4, 0.5) is 26.3 Å². The lowest BCUT2D eigenvalue weighted by Crippen LogP contribution is -2.07. The highest BCUT2D eigenvalue weighted by Crippen LogP contribution is 2.36. The number of carbonyl (C=O) groups is 2. The van der Waals surface area contributed by atoms with E-state index in [0.717, 1.165) is 68.3 Å². The van der Waals surface area contributed by atoms with Gasteiger partial charge in [0.2, 0.25) is 0 Å². The number of alkyl halides is 6. The maximum atomic E-state index is 12.9. The van der Waals surface area contributed by atoms with Gasteiger partial charge >= 0.3 is 24.3 Å². The monoisotopic (exact) mass is 808 g/mol. The predicted molar refractivity (Wildman–Crippen MR) is 203 cm³/mol. The molecule has 0 bridgehead atoms. The van der Waals surface area contributed by atoms with Gasteiger partial charge in [0.15, 0.2) is 0 Å². The summed E-state index contributed by atoms with van der Waals surface area (Å²) < 4.78 is 82.2. The molecular formula is C40H30F6N4O4S2. The number of hydrogen-bond acceptors (Lipinski definition) is 6. The number of aliphatic carboxylic acids is 2. The molecule has 0 saturated carbocycles. The van der Waals surface area contributed by atoms with Crippen molar-refractivity contribution in [2.45, 2.75) is 52.1 Å². The van der Waals surface area contributed by atoms with Crippen molar-refractivity contribution in [3.63, 3.8) is 0 Å². The molecule has 4 heterocycles. The van der Waals surface area contributed by atoms with Crippen LogP contribution >= 0.6 is 22.7 Å². The summed E-state index contributed by atoms with van der Waals surface area (Å²) in [4.78, 5) is 31.1. The summed E-state index contributed by atoms with van der Waals surface area (Å²) in [5.41, 5.74) is 4.70. The Morgan fingerprint density at radius 3 is 1.36 bits per heavy atom. The Morgan fingerprint density at radius 1 is 0.607 bits per heavy atom. The van der Waals surface area contributed by atoms with Crippen LogP contribution in [0.25, 0.3) is 42.2 Å². The number of carboxylic acids is 2. The van der Waals surface area contributed by atoms with Gasteiger partial charge in [-0.2, -0.15) is 26.3 Å². The van der Waals surface area contributed by atoms with E-state index in [0.29, 0.717) is 43.3 Å². The summed E-state index contributed by atoms with van der Waals surface area (Å²) >= 11 is 2.69. The van der Waals surface area contributed by atoms with E-state index in [4.69, 9.17) is 10.2 Å². The summed E-state index contributed by atoms with van der Waals surface area (Å²) in [7, 11) is 0. The molecule has 16 heteroatoms. The summed E-state index contributed by atoms with van der Waals surface area (Å²) in [6.45, 7) is 3.59. The van der Waals surface area contributed by atoms with Gasteiger partial charge in [0.05, 0.1) is 41.6 Å². The molecule has 4 aromatic carbocycles. The van der Waals surface area contributed by atoms with Crippen molar-refractivity contribution in [3.05, 3.63) is 129 Å². The number of nitrogens with zero attached hydrogens (tertiary/aromatic N) is 4. The first kappa shape index (κ1) is 38.5. The third kappa shape index (κ3) is 8.26. The van der Waals surface area contributed by atoms with E-state index in [9.17, 15) is 35.9 Å². The second kappa shape index (κ2) is 14.7. The van der Waals surface area contributed by atoms with Crippen LogP contribution in [0.2, 0.25) is 0 Å². The van der Waals surface area contributed by atoms with Gasteiger partial charge in [0.25, 0.3) is 0 Å². The highest BCUT2D eigenvalue weighted by molar-refractivity contribution is 7.18. The van der Waals surface area contributed by atoms with Crippen molar-refractivity contribution >= 4 is 76.9 Å². The number of halogens is 6. The van der Waals surface area contributed by atoms with Crippen molar-refractivity contribution < 1.29 is 46.1 Å². The van der Waals surface area contributed by atoms with E-state index >= 15 is 0 Å². The van der Waals surface area contributed by atoms with Crippen LogP contribution in [0, 0.1) is 13.8 Å². The molecule has 0 aliphatic rings. The fourth-order valence-electron chi connectivity index (χ4n) is 6.58. The van der Waals surface area contributed by atoms with E-state index in [2.05, 4.69) is 9.97 Å². The maximum Gasteiger partial charge on any atom is 0.416 e. The second-order valence-corrected chi connectivity index (χ2v) is 15.6. The predicted octanol–water partition coefficient (Wildman–Crippen LogP) is 10.5. The normalized spacial score (nSPS) is 12.1. The van der Waals surface area contributed by atoms with Gasteiger partial charge in [0.1, 0.15) is 13.1 Å². The Balaban J connectivity index is 0.000000172. The summed E-state index contributed by atoms with van der Waals surface area (Å²) in [6.07, 6.45) is -4.39. The minimum absolute atomic E-state index is 0.158. The van der Waals surface area contributed by atoms with Gasteiger partial charge in [-0.05, 0) is 85.6 Å². The largest absolute Gasteiger partial charge is 0.480 e. The lowest BCUT2D eigenvalue weighted by atomic mass is 10.1. The van der Waals surface area contributed by atoms with E-state index in [-0.39, 0.29) is 13.1 Å². The Hall–Kier alpha value is -5.74. The minimum atomic E-state index is -4.40. The number of benzene rings is 4. The van der Waals surface area contributed by atoms with Crippen LogP contribution in [-0.2, 0) is 47.9 Å². The Labute approximate surface area is 321 Å². The number of hydrogen-bond donors (Lipinski definition) is 2. The van der Waals surface area contributed by atoms with Crippen LogP contribution in [0.3, 0.4) is 0 Å². The topological polar surface area (TPSA) is 110 Å². The van der Waals surface area contributed by atoms with E-state index in [1.54, 1.807) is 21.5 Å². The summed E-state index contributed by atoms with van der Waals surface area (Å²) in [6, 6.07) is 18.7. The Morgan fingerprint density at radius 2 is 1.00 bits per heavy atom. The molecule has 8 nitrogen and oxygen atoms in total. The molecule has 8 rings (SSSR count). The highest BCUT2D eigenvalue weighted by atomic mass is 32.1. The van der Waals surface area contributed by atoms with Crippen LogP contribution in [0.5, 0.6) is 0 Å². The third-order valence-corrected chi connectivity index (χ3v) is 11.1. The van der Waals surface area contributed by atoms with Crippen LogP contribution in [-0.4, -0.2) is 41.3 Å². The molecule has 2 N–H and O–H groups in total. The zero-order chi connectivity index (χ0) is 40.1. The Kier molecular flexibility index (Phi) is 10.1. The molecule has 0 saturated heterocycles. The fraction of sp³-hybridized carbons (Fsp3) is 0.200. The molecule has 0 radical (unpaired) electrons. The molecule has 0 aliphatic heterocycles. The summed E-state index contributed by atoms with van der Waals surface area (Å²) in [5, 5.41) is 21.5. The van der Waals surface area contributed by atoms with E-state index in [1.807, 2.05) is 50.2 Å². The van der Waals surface area contributed by atoms with Crippen molar-refractivity contribution in [2.24, 2.45) is 0 Å². The van der Waals surface area contributed by atoms with Crippen molar-refractivity contribution in [3.8, 4) is 0 Å². The van der Waals surface area contributed by atoms with Crippen molar-refractivity contribution in [2.75, 3.05) is 0 Å². The molecule has 0 aliphatic carbocycles. The average molecular weight is 809 g/mol. The van der Waals surface area contributed by atoms with Gasteiger partial charge in [-0.1, -0.05) is 23.3 Å². The maximum absolute atomic E-state index is 12.9. The first-order valence-electron chi connectivity index (χ1n) is 16.9. The van der Waals surface area contributed by atoms with Crippen molar-refractivity contribution in [1.29, 1.82) is 0 Å². The lowest BCUT2D eigenvalue weighted by molar-refractivity contribution is -0.138. The van der Waals surface area contributed by atoms with E-state index in [1.165, 1.54) is 34.8 Å². The van der Waals surface area contributed by atoms with Crippen LogP contribution < -0.4 is 0 Å². The lowest BCUT2D eigenvalue weighted by Gasteiger charge is -2.04. The van der Waals surface area contributed by atoms with Gasteiger partial charge in [-0.25, -0.2) is 9.97 Å².